The number of hydrogen-bond acceptors (Lipinski definition) is 4. The molecule has 0 spiro atoms. The number of rotatable bonds is 3. The minimum atomic E-state index is -4.86. The van der Waals surface area contributed by atoms with E-state index in [4.69, 9.17) is 0 Å². The lowest BCUT2D eigenvalue weighted by atomic mass is 10.00. The summed E-state index contributed by atoms with van der Waals surface area (Å²) < 4.78 is 63.4. The first kappa shape index (κ1) is 15.0. The molecule has 0 saturated carbocycles. The van der Waals surface area contributed by atoms with Crippen molar-refractivity contribution in [3.63, 3.8) is 0 Å². The fourth-order valence-electron chi connectivity index (χ4n) is 2.62. The van der Waals surface area contributed by atoms with E-state index < -0.39 is 32.6 Å². The number of benzene rings is 1. The van der Waals surface area contributed by atoms with E-state index in [0.717, 1.165) is 0 Å². The second kappa shape index (κ2) is 5.08. The van der Waals surface area contributed by atoms with E-state index in [0.29, 0.717) is 12.0 Å². The first-order valence-electron chi connectivity index (χ1n) is 6.55. The van der Waals surface area contributed by atoms with Gasteiger partial charge < -0.3 is 0 Å². The standard InChI is InChI=1S/C13H12F3N3O2S/c1-7-6-10(8-4-2-3-5-9(8)14)19-11(7)17-13(18-19)22(20,21)12(15)16/h2-5,7,10,12H,6H2,1H3/t7-,10-/m0/s1. The zero-order valence-electron chi connectivity index (χ0n) is 11.4. The molecule has 5 nitrogen and oxygen atoms in total. The van der Waals surface area contributed by atoms with E-state index in [1.807, 2.05) is 0 Å². The van der Waals surface area contributed by atoms with Crippen molar-refractivity contribution in [1.82, 2.24) is 14.8 Å². The van der Waals surface area contributed by atoms with Crippen molar-refractivity contribution in [2.24, 2.45) is 0 Å². The van der Waals surface area contributed by atoms with Crippen molar-refractivity contribution >= 4 is 9.84 Å². The maximum absolute atomic E-state index is 13.9. The van der Waals surface area contributed by atoms with E-state index >= 15 is 0 Å². The van der Waals surface area contributed by atoms with Gasteiger partial charge in [0.25, 0.3) is 15.0 Å². The summed E-state index contributed by atoms with van der Waals surface area (Å²) in [4.78, 5) is 3.73. The van der Waals surface area contributed by atoms with Crippen LogP contribution < -0.4 is 0 Å². The Morgan fingerprint density at radius 1 is 1.32 bits per heavy atom. The van der Waals surface area contributed by atoms with Crippen molar-refractivity contribution in [3.8, 4) is 0 Å². The summed E-state index contributed by atoms with van der Waals surface area (Å²) in [6.07, 6.45) is 0.477. The average molecular weight is 331 g/mol. The van der Waals surface area contributed by atoms with Crippen LogP contribution in [0.5, 0.6) is 0 Å². The summed E-state index contributed by atoms with van der Waals surface area (Å²) in [7, 11) is -4.86. The molecule has 118 valence electrons. The monoisotopic (exact) mass is 331 g/mol. The lowest BCUT2D eigenvalue weighted by Crippen LogP contribution is -2.15. The normalized spacial score (nSPS) is 21.3. The molecule has 0 radical (unpaired) electrons. The number of sulfone groups is 1. The van der Waals surface area contributed by atoms with E-state index in [1.165, 1.54) is 16.8 Å². The van der Waals surface area contributed by atoms with Crippen molar-refractivity contribution < 1.29 is 21.6 Å². The molecule has 0 N–H and O–H groups in total. The van der Waals surface area contributed by atoms with Gasteiger partial charge in [0.1, 0.15) is 11.6 Å². The predicted molar refractivity (Wildman–Crippen MR) is 70.8 cm³/mol. The molecule has 0 bridgehead atoms. The molecule has 1 aromatic carbocycles. The van der Waals surface area contributed by atoms with Gasteiger partial charge >= 0.3 is 5.76 Å². The summed E-state index contributed by atoms with van der Waals surface area (Å²) in [5, 5.41) is 2.79. The molecule has 9 heteroatoms. The number of fused-ring (bicyclic) bond motifs is 1. The highest BCUT2D eigenvalue weighted by Crippen LogP contribution is 2.39. The lowest BCUT2D eigenvalue weighted by Gasteiger charge is -2.13. The molecule has 2 atom stereocenters. The highest BCUT2D eigenvalue weighted by atomic mass is 32.2. The van der Waals surface area contributed by atoms with Crippen LogP contribution >= 0.6 is 0 Å². The van der Waals surface area contributed by atoms with Crippen molar-refractivity contribution in [2.75, 3.05) is 0 Å². The number of alkyl halides is 2. The lowest BCUT2D eigenvalue weighted by molar-refractivity contribution is 0.233. The Bertz CT molecular complexity index is 820. The van der Waals surface area contributed by atoms with Gasteiger partial charge in [-0.2, -0.15) is 8.78 Å². The van der Waals surface area contributed by atoms with Crippen LogP contribution in [-0.2, 0) is 9.84 Å². The zero-order chi connectivity index (χ0) is 16.1. The average Bonchev–Trinajstić information content (AvgIpc) is 3.01. The third kappa shape index (κ3) is 2.20. The van der Waals surface area contributed by atoms with Crippen molar-refractivity contribution in [3.05, 3.63) is 41.5 Å². The largest absolute Gasteiger partial charge is 0.344 e. The first-order chi connectivity index (χ1) is 10.3. The fourth-order valence-corrected chi connectivity index (χ4v) is 3.21. The molecular formula is C13H12F3N3O2S. The molecule has 0 unspecified atom stereocenters. The Morgan fingerprint density at radius 2 is 2.00 bits per heavy atom. The smallest absolute Gasteiger partial charge is 0.241 e. The highest BCUT2D eigenvalue weighted by Gasteiger charge is 2.38. The molecule has 1 aromatic heterocycles. The van der Waals surface area contributed by atoms with Crippen LogP contribution in [-0.4, -0.2) is 28.9 Å². The van der Waals surface area contributed by atoms with Gasteiger partial charge in [-0.05, 0) is 12.5 Å². The van der Waals surface area contributed by atoms with Gasteiger partial charge in [0.15, 0.2) is 0 Å². The Labute approximate surface area is 124 Å². The second-order valence-electron chi connectivity index (χ2n) is 5.18. The third-order valence-electron chi connectivity index (χ3n) is 3.70. The number of nitrogens with zero attached hydrogens (tertiary/aromatic N) is 3. The van der Waals surface area contributed by atoms with Crippen LogP contribution in [0.4, 0.5) is 13.2 Å². The molecule has 0 saturated heterocycles. The SMILES string of the molecule is C[C@H]1C[C@@H](c2ccccc2F)n2nc(S(=O)(=O)C(F)F)nc21. The van der Waals surface area contributed by atoms with Gasteiger partial charge in [-0.25, -0.2) is 22.5 Å². The summed E-state index contributed by atoms with van der Waals surface area (Å²) >= 11 is 0. The molecule has 3 rings (SSSR count). The Hall–Kier alpha value is -1.90. The van der Waals surface area contributed by atoms with Gasteiger partial charge in [0.05, 0.1) is 6.04 Å². The van der Waals surface area contributed by atoms with E-state index in [9.17, 15) is 21.6 Å². The van der Waals surface area contributed by atoms with E-state index in [-0.39, 0.29) is 11.7 Å². The number of aromatic nitrogens is 3. The Morgan fingerprint density at radius 3 is 2.64 bits per heavy atom. The fraction of sp³-hybridized carbons (Fsp3) is 0.385. The number of hydrogen-bond donors (Lipinski definition) is 0. The first-order valence-corrected chi connectivity index (χ1v) is 8.10. The predicted octanol–water partition coefficient (Wildman–Crippen LogP) is 2.51. The number of halogens is 3. The summed E-state index contributed by atoms with van der Waals surface area (Å²) in [6, 6.07) is 5.47. The highest BCUT2D eigenvalue weighted by molar-refractivity contribution is 7.91. The van der Waals surface area contributed by atoms with Crippen LogP contribution in [0.2, 0.25) is 0 Å². The van der Waals surface area contributed by atoms with Crippen LogP contribution in [0.1, 0.15) is 36.7 Å². The molecule has 0 fully saturated rings. The van der Waals surface area contributed by atoms with Crippen LogP contribution in [0.3, 0.4) is 0 Å². The molecule has 0 aliphatic carbocycles. The second-order valence-corrected chi connectivity index (χ2v) is 6.99. The quantitative estimate of drug-likeness (QED) is 0.867. The van der Waals surface area contributed by atoms with Gasteiger partial charge in [-0.3, -0.25) is 0 Å². The van der Waals surface area contributed by atoms with Gasteiger partial charge in [-0.1, -0.05) is 25.1 Å². The minimum Gasteiger partial charge on any atom is -0.241 e. The topological polar surface area (TPSA) is 64.8 Å². The van der Waals surface area contributed by atoms with Crippen LogP contribution in [0, 0.1) is 5.82 Å². The van der Waals surface area contributed by atoms with Gasteiger partial charge in [-0.15, -0.1) is 5.10 Å². The summed E-state index contributed by atoms with van der Waals surface area (Å²) in [5.74, 6) is -3.98. The zero-order valence-corrected chi connectivity index (χ0v) is 12.3. The van der Waals surface area contributed by atoms with Crippen molar-refractivity contribution in [1.29, 1.82) is 0 Å². The van der Waals surface area contributed by atoms with E-state index in [2.05, 4.69) is 10.1 Å². The molecule has 1 aliphatic heterocycles. The van der Waals surface area contributed by atoms with Crippen LogP contribution in [0.25, 0.3) is 0 Å². The Kier molecular flexibility index (Phi) is 3.47. The molecule has 2 heterocycles. The molecule has 0 amide bonds. The molecule has 22 heavy (non-hydrogen) atoms. The maximum atomic E-state index is 13.9. The molecule has 1 aliphatic rings. The van der Waals surface area contributed by atoms with Crippen LogP contribution in [0.15, 0.2) is 29.4 Å². The van der Waals surface area contributed by atoms with Gasteiger partial charge in [0, 0.05) is 11.5 Å². The molecular weight excluding hydrogens is 319 g/mol. The third-order valence-corrected chi connectivity index (χ3v) is 4.86. The van der Waals surface area contributed by atoms with Crippen molar-refractivity contribution in [2.45, 2.75) is 36.2 Å². The Balaban J connectivity index is 2.10. The maximum Gasteiger partial charge on any atom is 0.344 e. The van der Waals surface area contributed by atoms with E-state index in [1.54, 1.807) is 19.1 Å². The molecule has 2 aromatic rings. The summed E-state index contributed by atoms with van der Waals surface area (Å²) in [6.45, 7) is 1.76. The van der Waals surface area contributed by atoms with Gasteiger partial charge in [0.2, 0.25) is 0 Å². The summed E-state index contributed by atoms with van der Waals surface area (Å²) in [5.41, 5.74) is 0.332. The minimum absolute atomic E-state index is 0.210.